The van der Waals surface area contributed by atoms with E-state index in [-0.39, 0.29) is 24.2 Å². The fraction of sp³-hybridized carbons (Fsp3) is 0.533. The van der Waals surface area contributed by atoms with E-state index in [1.54, 1.807) is 30.1 Å². The molecule has 1 aliphatic rings. The summed E-state index contributed by atoms with van der Waals surface area (Å²) in [6, 6.07) is 7.00. The van der Waals surface area contributed by atoms with E-state index in [0.29, 0.717) is 11.7 Å². The van der Waals surface area contributed by atoms with Crippen LogP contribution in [0.5, 0.6) is 0 Å². The fourth-order valence-corrected chi connectivity index (χ4v) is 2.78. The molecule has 1 heterocycles. The third-order valence-corrected chi connectivity index (χ3v) is 3.86. The predicted molar refractivity (Wildman–Crippen MR) is 85.0 cm³/mol. The number of benzene rings is 1. The number of carbonyl (C=O) groups excluding carboxylic acids is 1. The summed E-state index contributed by atoms with van der Waals surface area (Å²) >= 11 is 0. The topological polar surface area (TPSA) is 87.5 Å². The Morgan fingerprint density at radius 2 is 2.23 bits per heavy atom. The molecule has 7 heteroatoms. The predicted octanol–water partition coefficient (Wildman–Crippen LogP) is 1.29. The van der Waals surface area contributed by atoms with E-state index < -0.39 is 4.92 Å². The first-order valence-corrected chi connectivity index (χ1v) is 7.44. The Labute approximate surface area is 129 Å². The number of nitrogens with one attached hydrogen (secondary N) is 2. The Bertz CT molecular complexity index is 549. The summed E-state index contributed by atoms with van der Waals surface area (Å²) in [4.78, 5) is 24.4. The number of nitro benzene ring substituents is 1. The van der Waals surface area contributed by atoms with Crippen LogP contribution in [0.4, 0.5) is 11.4 Å². The van der Waals surface area contributed by atoms with Crippen molar-refractivity contribution < 1.29 is 9.72 Å². The van der Waals surface area contributed by atoms with Crippen LogP contribution in [0, 0.1) is 10.1 Å². The third kappa shape index (κ3) is 4.17. The normalized spacial score (nSPS) is 21.2. The Hall–Kier alpha value is -2.15. The lowest BCUT2D eigenvalue weighted by molar-refractivity contribution is -0.384. The zero-order chi connectivity index (χ0) is 16.1. The van der Waals surface area contributed by atoms with Gasteiger partial charge >= 0.3 is 0 Å². The van der Waals surface area contributed by atoms with Gasteiger partial charge in [0.25, 0.3) is 5.69 Å². The van der Waals surface area contributed by atoms with Crippen molar-refractivity contribution in [1.82, 2.24) is 10.6 Å². The number of hydrogen-bond acceptors (Lipinski definition) is 5. The molecule has 0 saturated carbocycles. The number of piperidine rings is 1. The summed E-state index contributed by atoms with van der Waals surface area (Å²) in [6.07, 6.45) is 1.81. The smallest absolute Gasteiger partial charge is 0.292 e. The van der Waals surface area contributed by atoms with Crippen LogP contribution in [0.3, 0.4) is 0 Å². The Balaban J connectivity index is 1.95. The Morgan fingerprint density at radius 1 is 1.50 bits per heavy atom. The fourth-order valence-electron chi connectivity index (χ4n) is 2.78. The minimum Gasteiger partial charge on any atom is -0.360 e. The lowest BCUT2D eigenvalue weighted by Crippen LogP contribution is -2.48. The first-order chi connectivity index (χ1) is 10.5. The first-order valence-electron chi connectivity index (χ1n) is 7.44. The molecule has 7 nitrogen and oxygen atoms in total. The maximum absolute atomic E-state index is 12.1. The van der Waals surface area contributed by atoms with E-state index in [4.69, 9.17) is 0 Å². The molecule has 1 saturated heterocycles. The van der Waals surface area contributed by atoms with Gasteiger partial charge in [-0.15, -0.1) is 0 Å². The molecule has 1 fully saturated rings. The summed E-state index contributed by atoms with van der Waals surface area (Å²) in [5.74, 6) is -0.111. The SMILES string of the molecule is CC1CC(NC(=O)CN(C)c2ccccc2[N+](=O)[O-])CCN1. The van der Waals surface area contributed by atoms with E-state index in [9.17, 15) is 14.9 Å². The van der Waals surface area contributed by atoms with Gasteiger partial charge in [0.15, 0.2) is 0 Å². The van der Waals surface area contributed by atoms with Gasteiger partial charge in [-0.05, 0) is 32.4 Å². The minimum atomic E-state index is -0.432. The molecule has 1 amide bonds. The number of rotatable bonds is 5. The lowest BCUT2D eigenvalue weighted by atomic mass is 10.0. The summed E-state index contributed by atoms with van der Waals surface area (Å²) in [6.45, 7) is 3.09. The highest BCUT2D eigenvalue weighted by Gasteiger charge is 2.22. The first kappa shape index (κ1) is 16.2. The molecule has 2 rings (SSSR count). The minimum absolute atomic E-state index is 0.00767. The monoisotopic (exact) mass is 306 g/mol. The molecule has 1 aromatic carbocycles. The Kier molecular flexibility index (Phi) is 5.32. The van der Waals surface area contributed by atoms with E-state index >= 15 is 0 Å². The molecule has 0 spiro atoms. The van der Waals surface area contributed by atoms with Gasteiger partial charge in [-0.1, -0.05) is 12.1 Å². The van der Waals surface area contributed by atoms with E-state index in [0.717, 1.165) is 19.4 Å². The summed E-state index contributed by atoms with van der Waals surface area (Å²) < 4.78 is 0. The number of hydrogen-bond donors (Lipinski definition) is 2. The number of carbonyl (C=O) groups is 1. The van der Waals surface area contributed by atoms with E-state index in [1.165, 1.54) is 6.07 Å². The van der Waals surface area contributed by atoms with Gasteiger partial charge in [0, 0.05) is 25.2 Å². The Morgan fingerprint density at radius 3 is 2.91 bits per heavy atom. The van der Waals surface area contributed by atoms with Crippen molar-refractivity contribution in [3.8, 4) is 0 Å². The van der Waals surface area contributed by atoms with Gasteiger partial charge in [0.05, 0.1) is 11.5 Å². The van der Waals surface area contributed by atoms with Crippen LogP contribution in [0.1, 0.15) is 19.8 Å². The second kappa shape index (κ2) is 7.22. The van der Waals surface area contributed by atoms with Gasteiger partial charge in [-0.25, -0.2) is 0 Å². The zero-order valence-electron chi connectivity index (χ0n) is 12.9. The van der Waals surface area contributed by atoms with Crippen LogP contribution >= 0.6 is 0 Å². The molecule has 0 aromatic heterocycles. The number of para-hydroxylation sites is 2. The molecule has 1 aromatic rings. The average Bonchev–Trinajstić information content (AvgIpc) is 2.47. The maximum atomic E-state index is 12.1. The highest BCUT2D eigenvalue weighted by molar-refractivity contribution is 5.82. The van der Waals surface area contributed by atoms with E-state index in [1.807, 2.05) is 0 Å². The van der Waals surface area contributed by atoms with Gasteiger partial charge < -0.3 is 15.5 Å². The van der Waals surface area contributed by atoms with Crippen molar-refractivity contribution >= 4 is 17.3 Å². The van der Waals surface area contributed by atoms with Gasteiger partial charge in [0.1, 0.15) is 5.69 Å². The number of nitrogens with zero attached hydrogens (tertiary/aromatic N) is 2. The van der Waals surface area contributed by atoms with E-state index in [2.05, 4.69) is 17.6 Å². The summed E-state index contributed by atoms with van der Waals surface area (Å²) in [5.41, 5.74) is 0.453. The summed E-state index contributed by atoms with van der Waals surface area (Å²) in [5, 5.41) is 17.4. The number of anilines is 1. The quantitative estimate of drug-likeness (QED) is 0.632. The molecule has 1 aliphatic heterocycles. The number of nitro groups is 1. The van der Waals surface area contributed by atoms with Crippen LogP contribution in [-0.4, -0.2) is 43.1 Å². The van der Waals surface area contributed by atoms with Gasteiger partial charge in [-0.3, -0.25) is 14.9 Å². The highest BCUT2D eigenvalue weighted by Crippen LogP contribution is 2.26. The standard InChI is InChI=1S/C15H22N4O3/c1-11-9-12(7-8-16-11)17-15(20)10-18(2)13-5-3-4-6-14(13)19(21)22/h3-6,11-12,16H,7-10H2,1-2H3,(H,17,20). The molecule has 120 valence electrons. The van der Waals surface area contributed by atoms with Crippen molar-refractivity contribution in [3.05, 3.63) is 34.4 Å². The summed E-state index contributed by atoms with van der Waals surface area (Å²) in [7, 11) is 1.69. The van der Waals surface area contributed by atoms with Crippen molar-refractivity contribution in [2.24, 2.45) is 0 Å². The average molecular weight is 306 g/mol. The third-order valence-electron chi connectivity index (χ3n) is 3.86. The van der Waals surface area contributed by atoms with Crippen LogP contribution in [0.25, 0.3) is 0 Å². The van der Waals surface area contributed by atoms with Crippen molar-refractivity contribution in [2.75, 3.05) is 25.0 Å². The van der Waals surface area contributed by atoms with Gasteiger partial charge in [-0.2, -0.15) is 0 Å². The zero-order valence-corrected chi connectivity index (χ0v) is 12.9. The van der Waals surface area contributed by atoms with Crippen LogP contribution in [-0.2, 0) is 4.79 Å². The second-order valence-corrected chi connectivity index (χ2v) is 5.75. The van der Waals surface area contributed by atoms with Crippen molar-refractivity contribution in [3.63, 3.8) is 0 Å². The molecule has 2 unspecified atom stereocenters. The molecule has 22 heavy (non-hydrogen) atoms. The van der Waals surface area contributed by atoms with Crippen molar-refractivity contribution in [2.45, 2.75) is 31.8 Å². The van der Waals surface area contributed by atoms with Crippen LogP contribution in [0.2, 0.25) is 0 Å². The molecular weight excluding hydrogens is 284 g/mol. The van der Waals surface area contributed by atoms with Crippen LogP contribution in [0.15, 0.2) is 24.3 Å². The van der Waals surface area contributed by atoms with Crippen molar-refractivity contribution in [1.29, 1.82) is 0 Å². The maximum Gasteiger partial charge on any atom is 0.292 e. The molecule has 0 bridgehead atoms. The second-order valence-electron chi connectivity index (χ2n) is 5.75. The molecule has 2 N–H and O–H groups in total. The van der Waals surface area contributed by atoms with Crippen LogP contribution < -0.4 is 15.5 Å². The molecule has 0 radical (unpaired) electrons. The number of amides is 1. The van der Waals surface area contributed by atoms with Gasteiger partial charge in [0.2, 0.25) is 5.91 Å². The molecule has 0 aliphatic carbocycles. The molecular formula is C15H22N4O3. The number of likely N-dealkylation sites (N-methyl/N-ethyl adjacent to an activating group) is 1. The lowest BCUT2D eigenvalue weighted by Gasteiger charge is -2.29. The highest BCUT2D eigenvalue weighted by atomic mass is 16.6. The largest absolute Gasteiger partial charge is 0.360 e. The molecule has 2 atom stereocenters.